The molecule has 0 saturated carbocycles. The first-order chi connectivity index (χ1) is 10.7. The van der Waals surface area contributed by atoms with Crippen LogP contribution in [0.25, 0.3) is 0 Å². The molecule has 22 heavy (non-hydrogen) atoms. The molecule has 0 amide bonds. The third-order valence-corrected chi connectivity index (χ3v) is 9.83. The Bertz CT molecular complexity index is 169. The lowest BCUT2D eigenvalue weighted by Gasteiger charge is -2.28. The minimum Gasteiger partial charge on any atom is -0.381 e. The summed E-state index contributed by atoms with van der Waals surface area (Å²) in [4.78, 5) is 0. The quantitative estimate of drug-likeness (QED) is 0.350. The van der Waals surface area contributed by atoms with Crippen molar-refractivity contribution in [1.82, 2.24) is 0 Å². The van der Waals surface area contributed by atoms with Crippen molar-refractivity contribution in [1.29, 1.82) is 0 Å². The van der Waals surface area contributed by atoms with Gasteiger partial charge in [0.15, 0.2) is 0 Å². The molecule has 0 aliphatic carbocycles. The van der Waals surface area contributed by atoms with Crippen molar-refractivity contribution in [2.45, 2.75) is 91.9 Å². The maximum Gasteiger partial charge on any atom is 0.0594 e. The van der Waals surface area contributed by atoms with Gasteiger partial charge in [0.2, 0.25) is 0 Å². The monoisotopic (exact) mass is 331 g/mol. The molecule has 1 heterocycles. The van der Waals surface area contributed by atoms with Crippen LogP contribution in [0.15, 0.2) is 0 Å². The van der Waals surface area contributed by atoms with Gasteiger partial charge in [0.05, 0.1) is 24.6 Å². The molecule has 0 aromatic rings. The molecule has 1 nitrogen and oxygen atoms in total. The third kappa shape index (κ3) is 11.9. The SMILES string of the molecule is C1CCOC1.CCCC[P+](CCCC)(CCCC)CCCC. The van der Waals surface area contributed by atoms with Gasteiger partial charge in [0.25, 0.3) is 0 Å². The number of hydrogen-bond donors (Lipinski definition) is 0. The Labute approximate surface area is 142 Å². The Kier molecular flexibility index (Phi) is 16.5. The van der Waals surface area contributed by atoms with Crippen LogP contribution in [0.1, 0.15) is 91.9 Å². The van der Waals surface area contributed by atoms with Gasteiger partial charge < -0.3 is 4.74 Å². The highest BCUT2D eigenvalue weighted by Crippen LogP contribution is 2.61. The van der Waals surface area contributed by atoms with Crippen molar-refractivity contribution in [3.8, 4) is 0 Å². The fourth-order valence-corrected chi connectivity index (χ4v) is 8.45. The van der Waals surface area contributed by atoms with Crippen molar-refractivity contribution in [3.05, 3.63) is 0 Å². The van der Waals surface area contributed by atoms with E-state index >= 15 is 0 Å². The minimum absolute atomic E-state index is 0.562. The molecule has 1 fully saturated rings. The van der Waals surface area contributed by atoms with E-state index in [1.165, 1.54) is 64.2 Å². The number of unbranched alkanes of at least 4 members (excludes halogenated alkanes) is 4. The summed E-state index contributed by atoms with van der Waals surface area (Å²) in [5, 5.41) is 0. The van der Waals surface area contributed by atoms with Gasteiger partial charge in [-0.2, -0.15) is 0 Å². The maximum atomic E-state index is 4.94. The summed E-state index contributed by atoms with van der Waals surface area (Å²) in [7, 11) is -0.562. The highest BCUT2D eigenvalue weighted by atomic mass is 31.2. The predicted octanol–water partition coefficient (Wildman–Crippen LogP) is 7.00. The van der Waals surface area contributed by atoms with Crippen LogP contribution in [0.4, 0.5) is 0 Å². The molecular formula is C20H44OP+. The molecule has 0 atom stereocenters. The molecule has 0 aromatic carbocycles. The fraction of sp³-hybridized carbons (Fsp3) is 1.00. The van der Waals surface area contributed by atoms with E-state index in [9.17, 15) is 0 Å². The average Bonchev–Trinajstić information content (AvgIpc) is 3.13. The number of ether oxygens (including phenoxy) is 1. The van der Waals surface area contributed by atoms with Crippen molar-refractivity contribution >= 4 is 7.26 Å². The molecule has 0 N–H and O–H groups in total. The van der Waals surface area contributed by atoms with Crippen molar-refractivity contribution < 1.29 is 4.74 Å². The van der Waals surface area contributed by atoms with Gasteiger partial charge in [-0.05, 0) is 38.5 Å². The summed E-state index contributed by atoms with van der Waals surface area (Å²) in [6, 6.07) is 0. The minimum atomic E-state index is -0.562. The summed E-state index contributed by atoms with van der Waals surface area (Å²) in [5.41, 5.74) is 0. The normalized spacial score (nSPS) is 14.7. The first kappa shape index (κ1) is 22.4. The van der Waals surface area contributed by atoms with Crippen LogP contribution in [0.5, 0.6) is 0 Å². The maximum absolute atomic E-state index is 4.94. The Morgan fingerprint density at radius 2 is 0.909 bits per heavy atom. The summed E-state index contributed by atoms with van der Waals surface area (Å²) in [6.07, 6.45) is 20.5. The van der Waals surface area contributed by atoms with Crippen LogP contribution in [0, 0.1) is 0 Å². The second-order valence-electron chi connectivity index (χ2n) is 6.97. The smallest absolute Gasteiger partial charge is 0.0594 e. The summed E-state index contributed by atoms with van der Waals surface area (Å²) in [6.45, 7) is 11.4. The van der Waals surface area contributed by atoms with Crippen molar-refractivity contribution in [3.63, 3.8) is 0 Å². The van der Waals surface area contributed by atoms with Crippen LogP contribution in [0.3, 0.4) is 0 Å². The van der Waals surface area contributed by atoms with E-state index in [0.29, 0.717) is 0 Å². The van der Waals surface area contributed by atoms with E-state index in [1.54, 1.807) is 24.6 Å². The second kappa shape index (κ2) is 16.3. The zero-order valence-electron chi connectivity index (χ0n) is 16.2. The largest absolute Gasteiger partial charge is 0.381 e. The average molecular weight is 332 g/mol. The Hall–Kier alpha value is 0.390. The van der Waals surface area contributed by atoms with E-state index in [4.69, 9.17) is 4.74 Å². The highest BCUT2D eigenvalue weighted by molar-refractivity contribution is 7.75. The van der Waals surface area contributed by atoms with Crippen LogP contribution in [0.2, 0.25) is 0 Å². The Morgan fingerprint density at radius 1 is 0.591 bits per heavy atom. The first-order valence-corrected chi connectivity index (χ1v) is 12.7. The van der Waals surface area contributed by atoms with Gasteiger partial charge in [-0.25, -0.2) is 0 Å². The lowest BCUT2D eigenvalue weighted by molar-refractivity contribution is 0.198. The molecule has 0 radical (unpaired) electrons. The molecule has 1 rings (SSSR count). The molecule has 0 spiro atoms. The fourth-order valence-electron chi connectivity index (χ4n) is 3.16. The summed E-state index contributed by atoms with van der Waals surface area (Å²) in [5.74, 6) is 0. The van der Waals surface area contributed by atoms with Gasteiger partial charge in [-0.1, -0.05) is 53.4 Å². The molecule has 0 bridgehead atoms. The Morgan fingerprint density at radius 3 is 1.09 bits per heavy atom. The van der Waals surface area contributed by atoms with Crippen LogP contribution in [-0.2, 0) is 4.74 Å². The molecule has 1 aliphatic rings. The molecule has 1 aliphatic heterocycles. The Balaban J connectivity index is 0.000000734. The lowest BCUT2D eigenvalue weighted by Crippen LogP contribution is -2.12. The van der Waals surface area contributed by atoms with E-state index in [2.05, 4.69) is 27.7 Å². The summed E-state index contributed by atoms with van der Waals surface area (Å²) >= 11 is 0. The second-order valence-corrected chi connectivity index (χ2v) is 11.4. The molecule has 0 unspecified atom stereocenters. The number of rotatable bonds is 12. The van der Waals surface area contributed by atoms with Crippen molar-refractivity contribution in [2.24, 2.45) is 0 Å². The van der Waals surface area contributed by atoms with Crippen LogP contribution in [-0.4, -0.2) is 37.9 Å². The third-order valence-electron chi connectivity index (χ3n) is 4.77. The molecule has 134 valence electrons. The standard InChI is InChI=1S/C16H36P.C4H8O/c1-5-9-13-17(14-10-6-2,15-11-7-3)16-12-8-4;1-2-4-5-3-1/h5-16H2,1-4H3;1-4H2/q+1;. The van der Waals surface area contributed by atoms with Crippen molar-refractivity contribution in [2.75, 3.05) is 37.9 Å². The van der Waals surface area contributed by atoms with Gasteiger partial charge in [0.1, 0.15) is 0 Å². The van der Waals surface area contributed by atoms with Gasteiger partial charge >= 0.3 is 0 Å². The van der Waals surface area contributed by atoms with Crippen LogP contribution >= 0.6 is 7.26 Å². The predicted molar refractivity (Wildman–Crippen MR) is 106 cm³/mol. The van der Waals surface area contributed by atoms with Gasteiger partial charge in [0, 0.05) is 20.5 Å². The highest BCUT2D eigenvalue weighted by Gasteiger charge is 2.34. The van der Waals surface area contributed by atoms with Gasteiger partial charge in [-0.3, -0.25) is 0 Å². The lowest BCUT2D eigenvalue weighted by atomic mass is 10.4. The van der Waals surface area contributed by atoms with E-state index in [-0.39, 0.29) is 0 Å². The number of hydrogen-bond acceptors (Lipinski definition) is 1. The summed E-state index contributed by atoms with van der Waals surface area (Å²) < 4.78 is 4.94. The van der Waals surface area contributed by atoms with Crippen LogP contribution < -0.4 is 0 Å². The topological polar surface area (TPSA) is 9.23 Å². The molecule has 2 heteroatoms. The zero-order chi connectivity index (χ0) is 16.5. The molecule has 0 aromatic heterocycles. The first-order valence-electron chi connectivity index (χ1n) is 10.2. The van der Waals surface area contributed by atoms with Gasteiger partial charge in [-0.15, -0.1) is 0 Å². The molecular weight excluding hydrogens is 287 g/mol. The van der Waals surface area contributed by atoms with E-state index in [0.717, 1.165) is 13.2 Å². The zero-order valence-corrected chi connectivity index (χ0v) is 17.1. The molecule has 1 saturated heterocycles. The van der Waals surface area contributed by atoms with E-state index in [1.807, 2.05) is 0 Å². The van der Waals surface area contributed by atoms with E-state index < -0.39 is 7.26 Å².